The molecule has 2 N–H and O–H groups in total. The summed E-state index contributed by atoms with van der Waals surface area (Å²) in [5, 5.41) is 4.62. The quantitative estimate of drug-likeness (QED) is 0.567. The van der Waals surface area contributed by atoms with Crippen LogP contribution in [0.25, 0.3) is 0 Å². The predicted molar refractivity (Wildman–Crippen MR) is 121 cm³/mol. The van der Waals surface area contributed by atoms with Gasteiger partial charge in [-0.05, 0) is 72.8 Å². The number of carbonyl (C=O) groups is 2. The van der Waals surface area contributed by atoms with Crippen LogP contribution < -0.4 is 10.0 Å². The second-order valence-electron chi connectivity index (χ2n) is 7.26. The highest BCUT2D eigenvalue weighted by atomic mass is 32.2. The Morgan fingerprint density at radius 1 is 1.00 bits per heavy atom. The van der Waals surface area contributed by atoms with Crippen LogP contribution in [0.1, 0.15) is 22.5 Å². The summed E-state index contributed by atoms with van der Waals surface area (Å²) in [6.07, 6.45) is 1.33. The van der Waals surface area contributed by atoms with Gasteiger partial charge in [0.05, 0.1) is 9.77 Å². The van der Waals surface area contributed by atoms with Crippen molar-refractivity contribution in [3.05, 3.63) is 76.7 Å². The minimum Gasteiger partial charge on any atom is -0.326 e. The number of rotatable bonds is 6. The molecular weight excluding hydrogens is 453 g/mol. The van der Waals surface area contributed by atoms with E-state index in [0.29, 0.717) is 29.2 Å². The number of carbonyl (C=O) groups excluding carboxylic acids is 2. The highest BCUT2D eigenvalue weighted by Gasteiger charge is 2.34. The second kappa shape index (κ2) is 9.09. The van der Waals surface area contributed by atoms with Crippen molar-refractivity contribution in [2.24, 2.45) is 0 Å². The lowest BCUT2D eigenvalue weighted by Gasteiger charge is -2.23. The Morgan fingerprint density at radius 2 is 1.69 bits per heavy atom. The van der Waals surface area contributed by atoms with Gasteiger partial charge in [0.25, 0.3) is 15.9 Å². The molecular formula is C22H20FN3O4S2. The van der Waals surface area contributed by atoms with E-state index in [1.807, 2.05) is 5.38 Å². The van der Waals surface area contributed by atoms with Crippen LogP contribution in [-0.2, 0) is 14.8 Å². The first-order valence-electron chi connectivity index (χ1n) is 9.87. The minimum absolute atomic E-state index is 0.0620. The molecule has 2 amide bonds. The van der Waals surface area contributed by atoms with Crippen LogP contribution in [0.3, 0.4) is 0 Å². The first-order chi connectivity index (χ1) is 15.3. The van der Waals surface area contributed by atoms with Crippen LogP contribution in [0.5, 0.6) is 0 Å². The number of nitrogens with zero attached hydrogens (tertiary/aromatic N) is 1. The van der Waals surface area contributed by atoms with Gasteiger partial charge in [0.1, 0.15) is 11.9 Å². The molecule has 4 rings (SSSR count). The van der Waals surface area contributed by atoms with Crippen molar-refractivity contribution in [2.45, 2.75) is 23.8 Å². The van der Waals surface area contributed by atoms with E-state index in [-0.39, 0.29) is 16.7 Å². The van der Waals surface area contributed by atoms with Gasteiger partial charge in [0.2, 0.25) is 5.91 Å². The van der Waals surface area contributed by atoms with Crippen molar-refractivity contribution in [1.29, 1.82) is 0 Å². The van der Waals surface area contributed by atoms with Crippen LogP contribution in [0.4, 0.5) is 15.8 Å². The van der Waals surface area contributed by atoms with E-state index < -0.39 is 21.9 Å². The number of hydrogen-bond acceptors (Lipinski definition) is 5. The van der Waals surface area contributed by atoms with Gasteiger partial charge in [0, 0.05) is 17.9 Å². The Balaban J connectivity index is 1.40. The SMILES string of the molecule is O=C(Nc1ccc(NS(=O)(=O)c2ccc(F)cc2)cc1)[C@@H]1CCCN1C(=O)c1cccs1. The summed E-state index contributed by atoms with van der Waals surface area (Å²) in [5.41, 5.74) is 0.776. The molecule has 1 aromatic heterocycles. The molecule has 32 heavy (non-hydrogen) atoms. The number of amides is 2. The Kier molecular flexibility index (Phi) is 6.24. The lowest BCUT2D eigenvalue weighted by atomic mass is 10.2. The number of nitrogens with one attached hydrogen (secondary N) is 2. The molecule has 1 saturated heterocycles. The van der Waals surface area contributed by atoms with Gasteiger partial charge in [-0.2, -0.15) is 0 Å². The number of benzene rings is 2. The molecule has 0 saturated carbocycles. The molecule has 0 aliphatic carbocycles. The van der Waals surface area contributed by atoms with Crippen molar-refractivity contribution in [3.8, 4) is 0 Å². The summed E-state index contributed by atoms with van der Waals surface area (Å²) in [4.78, 5) is 27.6. The summed E-state index contributed by atoms with van der Waals surface area (Å²) in [6.45, 7) is 0.527. The lowest BCUT2D eigenvalue weighted by Crippen LogP contribution is -2.42. The average Bonchev–Trinajstić information content (AvgIpc) is 3.47. The monoisotopic (exact) mass is 473 g/mol. The number of anilines is 2. The van der Waals surface area contributed by atoms with E-state index in [1.165, 1.54) is 35.6 Å². The molecule has 1 atom stereocenters. The standard InChI is InChI=1S/C22H20FN3O4S2/c23-15-5-11-18(12-6-15)32(29,30)25-17-9-7-16(8-10-17)24-21(27)19-3-1-13-26(19)22(28)20-4-2-14-31-20/h2,4-12,14,19,25H,1,3,13H2,(H,24,27)/t19-/m0/s1. The fraction of sp³-hybridized carbons (Fsp3) is 0.182. The number of likely N-dealkylation sites (tertiary alicyclic amines) is 1. The molecule has 0 bridgehead atoms. The van der Waals surface area contributed by atoms with Gasteiger partial charge in [-0.15, -0.1) is 11.3 Å². The largest absolute Gasteiger partial charge is 0.326 e. The summed E-state index contributed by atoms with van der Waals surface area (Å²) < 4.78 is 40.3. The Labute approximate surface area is 188 Å². The van der Waals surface area contributed by atoms with Crippen molar-refractivity contribution < 1.29 is 22.4 Å². The molecule has 2 aromatic carbocycles. The van der Waals surface area contributed by atoms with Crippen molar-refractivity contribution in [1.82, 2.24) is 4.90 Å². The maximum atomic E-state index is 13.0. The Morgan fingerprint density at radius 3 is 2.34 bits per heavy atom. The highest BCUT2D eigenvalue weighted by molar-refractivity contribution is 7.92. The van der Waals surface area contributed by atoms with E-state index in [1.54, 1.807) is 29.2 Å². The van der Waals surface area contributed by atoms with E-state index in [2.05, 4.69) is 10.0 Å². The van der Waals surface area contributed by atoms with Crippen LogP contribution in [-0.4, -0.2) is 37.7 Å². The molecule has 3 aromatic rings. The molecule has 1 fully saturated rings. The summed E-state index contributed by atoms with van der Waals surface area (Å²) in [5.74, 6) is -0.961. The first kappa shape index (κ1) is 22.0. The Hall–Kier alpha value is -3.24. The predicted octanol–water partition coefficient (Wildman–Crippen LogP) is 3.93. The maximum Gasteiger partial charge on any atom is 0.264 e. The smallest absolute Gasteiger partial charge is 0.264 e. The van der Waals surface area contributed by atoms with Crippen LogP contribution in [0.2, 0.25) is 0 Å². The zero-order valence-corrected chi connectivity index (χ0v) is 18.5. The normalized spacial score (nSPS) is 16.0. The minimum atomic E-state index is -3.86. The van der Waals surface area contributed by atoms with E-state index in [4.69, 9.17) is 0 Å². The molecule has 0 spiro atoms. The highest BCUT2D eigenvalue weighted by Crippen LogP contribution is 2.24. The molecule has 166 valence electrons. The van der Waals surface area contributed by atoms with Crippen molar-refractivity contribution >= 4 is 44.5 Å². The molecule has 1 aliphatic heterocycles. The van der Waals surface area contributed by atoms with Gasteiger partial charge in [0.15, 0.2) is 0 Å². The molecule has 7 nitrogen and oxygen atoms in total. The van der Waals surface area contributed by atoms with Gasteiger partial charge >= 0.3 is 0 Å². The summed E-state index contributed by atoms with van der Waals surface area (Å²) in [7, 11) is -3.86. The zero-order chi connectivity index (χ0) is 22.7. The lowest BCUT2D eigenvalue weighted by molar-refractivity contribution is -0.119. The van der Waals surface area contributed by atoms with Crippen molar-refractivity contribution in [2.75, 3.05) is 16.6 Å². The molecule has 1 aliphatic rings. The van der Waals surface area contributed by atoms with Crippen LogP contribution >= 0.6 is 11.3 Å². The fourth-order valence-corrected chi connectivity index (χ4v) is 5.24. The Bertz CT molecular complexity index is 1210. The molecule has 2 heterocycles. The van der Waals surface area contributed by atoms with Crippen LogP contribution in [0, 0.1) is 5.82 Å². The number of sulfonamides is 1. The number of thiophene rings is 1. The van der Waals surface area contributed by atoms with Gasteiger partial charge in [-0.1, -0.05) is 6.07 Å². The first-order valence-corrected chi connectivity index (χ1v) is 12.2. The van der Waals surface area contributed by atoms with E-state index in [0.717, 1.165) is 18.6 Å². The molecule has 10 heteroatoms. The van der Waals surface area contributed by atoms with Crippen molar-refractivity contribution in [3.63, 3.8) is 0 Å². The summed E-state index contributed by atoms with van der Waals surface area (Å²) >= 11 is 1.34. The molecule has 0 unspecified atom stereocenters. The number of halogens is 1. The van der Waals surface area contributed by atoms with E-state index >= 15 is 0 Å². The third-order valence-electron chi connectivity index (χ3n) is 5.08. The maximum absolute atomic E-state index is 13.0. The summed E-state index contributed by atoms with van der Waals surface area (Å²) in [6, 6.07) is 13.7. The van der Waals surface area contributed by atoms with E-state index in [9.17, 15) is 22.4 Å². The molecule has 0 radical (unpaired) electrons. The van der Waals surface area contributed by atoms with Gasteiger partial charge in [-0.3, -0.25) is 14.3 Å². The second-order valence-corrected chi connectivity index (χ2v) is 9.89. The zero-order valence-electron chi connectivity index (χ0n) is 16.8. The third kappa shape index (κ3) is 4.81. The van der Waals surface area contributed by atoms with Gasteiger partial charge in [-0.25, -0.2) is 12.8 Å². The average molecular weight is 474 g/mol. The number of hydrogen-bond donors (Lipinski definition) is 2. The topological polar surface area (TPSA) is 95.6 Å². The van der Waals surface area contributed by atoms with Crippen LogP contribution in [0.15, 0.2) is 70.9 Å². The van der Waals surface area contributed by atoms with Gasteiger partial charge < -0.3 is 10.2 Å². The third-order valence-corrected chi connectivity index (χ3v) is 7.33. The fourth-order valence-electron chi connectivity index (χ4n) is 3.50.